The summed E-state index contributed by atoms with van der Waals surface area (Å²) in [6.07, 6.45) is 21.4. The summed E-state index contributed by atoms with van der Waals surface area (Å²) in [6, 6.07) is 5.85. The fourth-order valence-electron chi connectivity index (χ4n) is 3.73. The molecule has 0 aliphatic rings. The van der Waals surface area contributed by atoms with Gasteiger partial charge in [-0.1, -0.05) is 115 Å². The number of unbranched alkanes of at least 4 members (excludes halogenated alkanes) is 15. The van der Waals surface area contributed by atoms with Crippen molar-refractivity contribution in [2.75, 3.05) is 6.54 Å². The van der Waals surface area contributed by atoms with E-state index in [-0.39, 0.29) is 11.5 Å². The van der Waals surface area contributed by atoms with Crippen molar-refractivity contribution in [2.24, 2.45) is 0 Å². The average molecular weight is 417 g/mol. The standard InChI is InChI=1S/C26H43NO3/c1-2-3-4-5-6-7-8-9-10-11-12-13-14-15-16-17-22-27-25(28)23-18-20-24(21-19-23)26(29)30/h18-21H,2-17,22H2,1H3,(H,27,28)(H,29,30)/p-1. The summed E-state index contributed by atoms with van der Waals surface area (Å²) in [5.74, 6) is -1.38. The molecule has 0 aromatic heterocycles. The van der Waals surface area contributed by atoms with E-state index in [1.165, 1.54) is 114 Å². The van der Waals surface area contributed by atoms with Crippen molar-refractivity contribution in [3.63, 3.8) is 0 Å². The lowest BCUT2D eigenvalue weighted by Crippen LogP contribution is -2.25. The molecule has 0 heterocycles. The van der Waals surface area contributed by atoms with Gasteiger partial charge < -0.3 is 15.2 Å². The molecule has 0 unspecified atom stereocenters. The van der Waals surface area contributed by atoms with Crippen molar-refractivity contribution >= 4 is 11.9 Å². The number of benzene rings is 1. The van der Waals surface area contributed by atoms with Gasteiger partial charge in [-0.15, -0.1) is 0 Å². The van der Waals surface area contributed by atoms with Gasteiger partial charge in [0, 0.05) is 12.1 Å². The summed E-state index contributed by atoms with van der Waals surface area (Å²) in [5.41, 5.74) is 0.570. The van der Waals surface area contributed by atoms with Gasteiger partial charge in [-0.3, -0.25) is 4.79 Å². The van der Waals surface area contributed by atoms with Crippen LogP contribution < -0.4 is 10.4 Å². The highest BCUT2D eigenvalue weighted by atomic mass is 16.4. The first-order valence-corrected chi connectivity index (χ1v) is 12.2. The molecule has 0 bridgehead atoms. The summed E-state index contributed by atoms with van der Waals surface area (Å²) in [5, 5.41) is 13.6. The van der Waals surface area contributed by atoms with Gasteiger partial charge >= 0.3 is 0 Å². The van der Waals surface area contributed by atoms with Crippen LogP contribution in [0.15, 0.2) is 24.3 Å². The number of carboxylic acid groups (broad SMARTS) is 1. The van der Waals surface area contributed by atoms with Gasteiger partial charge in [0.25, 0.3) is 5.91 Å². The van der Waals surface area contributed by atoms with Crippen LogP contribution in [0.4, 0.5) is 0 Å². The van der Waals surface area contributed by atoms with Gasteiger partial charge in [-0.05, 0) is 24.1 Å². The number of carbonyl (C=O) groups is 2. The quantitative estimate of drug-likeness (QED) is 0.279. The number of nitrogens with one attached hydrogen (secondary N) is 1. The molecule has 1 rings (SSSR count). The van der Waals surface area contributed by atoms with E-state index in [1.54, 1.807) is 0 Å². The number of carboxylic acids is 1. The Bertz CT molecular complexity index is 568. The zero-order chi connectivity index (χ0) is 21.9. The topological polar surface area (TPSA) is 69.2 Å². The molecule has 0 saturated heterocycles. The molecule has 170 valence electrons. The van der Waals surface area contributed by atoms with E-state index in [0.29, 0.717) is 12.1 Å². The number of aromatic carboxylic acids is 1. The summed E-state index contributed by atoms with van der Waals surface area (Å²) >= 11 is 0. The normalized spacial score (nSPS) is 10.8. The molecule has 0 spiro atoms. The van der Waals surface area contributed by atoms with Gasteiger partial charge in [0.15, 0.2) is 0 Å². The van der Waals surface area contributed by atoms with Gasteiger partial charge in [0.2, 0.25) is 0 Å². The van der Waals surface area contributed by atoms with Gasteiger partial charge in [0.1, 0.15) is 0 Å². The third kappa shape index (κ3) is 13.4. The Labute approximate surface area is 183 Å². The van der Waals surface area contributed by atoms with Crippen LogP contribution in [-0.4, -0.2) is 18.4 Å². The second-order valence-corrected chi connectivity index (χ2v) is 8.42. The minimum atomic E-state index is -1.23. The fraction of sp³-hybridized carbons (Fsp3) is 0.692. The zero-order valence-corrected chi connectivity index (χ0v) is 19.1. The number of hydrogen-bond donors (Lipinski definition) is 1. The Balaban J connectivity index is 1.85. The lowest BCUT2D eigenvalue weighted by Gasteiger charge is -2.07. The van der Waals surface area contributed by atoms with Crippen LogP contribution in [0.5, 0.6) is 0 Å². The summed E-state index contributed by atoms with van der Waals surface area (Å²) in [6.45, 7) is 2.94. The van der Waals surface area contributed by atoms with E-state index < -0.39 is 5.97 Å². The Morgan fingerprint density at radius 2 is 1.00 bits per heavy atom. The molecule has 30 heavy (non-hydrogen) atoms. The van der Waals surface area contributed by atoms with E-state index in [4.69, 9.17) is 0 Å². The Hall–Kier alpha value is -1.84. The molecule has 0 fully saturated rings. The largest absolute Gasteiger partial charge is 0.545 e. The zero-order valence-electron chi connectivity index (χ0n) is 19.1. The number of hydrogen-bond acceptors (Lipinski definition) is 3. The van der Waals surface area contributed by atoms with Crippen molar-refractivity contribution in [2.45, 2.75) is 110 Å². The molecule has 1 N–H and O–H groups in total. The maximum atomic E-state index is 12.0. The maximum Gasteiger partial charge on any atom is 0.251 e. The first kappa shape index (κ1) is 26.2. The SMILES string of the molecule is CCCCCCCCCCCCCCCCCCNC(=O)c1ccc(C(=O)[O-])cc1. The highest BCUT2D eigenvalue weighted by Gasteiger charge is 2.04. The lowest BCUT2D eigenvalue weighted by atomic mass is 10.0. The van der Waals surface area contributed by atoms with Gasteiger partial charge in [0.05, 0.1) is 5.97 Å². The first-order valence-electron chi connectivity index (χ1n) is 12.2. The van der Waals surface area contributed by atoms with E-state index in [2.05, 4.69) is 12.2 Å². The molecule has 0 aliphatic carbocycles. The Morgan fingerprint density at radius 1 is 0.633 bits per heavy atom. The Morgan fingerprint density at radius 3 is 1.40 bits per heavy atom. The molecule has 1 aromatic carbocycles. The minimum absolute atomic E-state index is 0.0874. The molecule has 0 atom stereocenters. The lowest BCUT2D eigenvalue weighted by molar-refractivity contribution is -0.255. The summed E-state index contributed by atoms with van der Waals surface area (Å²) < 4.78 is 0. The van der Waals surface area contributed by atoms with E-state index in [1.807, 2.05) is 0 Å². The van der Waals surface area contributed by atoms with Crippen molar-refractivity contribution in [1.29, 1.82) is 0 Å². The van der Waals surface area contributed by atoms with E-state index in [9.17, 15) is 14.7 Å². The third-order valence-electron chi connectivity index (χ3n) is 5.70. The molecule has 0 saturated carbocycles. The predicted octanol–water partition coefficient (Wildman–Crippen LogP) is 6.04. The smallest absolute Gasteiger partial charge is 0.251 e. The molecule has 1 aromatic rings. The highest BCUT2D eigenvalue weighted by Crippen LogP contribution is 2.13. The molecule has 4 nitrogen and oxygen atoms in total. The number of carbonyl (C=O) groups excluding carboxylic acids is 2. The third-order valence-corrected chi connectivity index (χ3v) is 5.70. The van der Waals surface area contributed by atoms with Crippen LogP contribution in [0.3, 0.4) is 0 Å². The maximum absolute atomic E-state index is 12.0. The van der Waals surface area contributed by atoms with Crippen molar-refractivity contribution in [3.05, 3.63) is 35.4 Å². The van der Waals surface area contributed by atoms with Crippen LogP contribution in [0.2, 0.25) is 0 Å². The van der Waals surface area contributed by atoms with Crippen molar-refractivity contribution in [3.8, 4) is 0 Å². The molecule has 1 amide bonds. The second kappa shape index (κ2) is 18.0. The number of amides is 1. The van der Waals surface area contributed by atoms with Crippen LogP contribution >= 0.6 is 0 Å². The van der Waals surface area contributed by atoms with Crippen LogP contribution in [0.25, 0.3) is 0 Å². The molecular formula is C26H42NO3-. The van der Waals surface area contributed by atoms with Crippen LogP contribution in [0.1, 0.15) is 130 Å². The first-order chi connectivity index (χ1) is 14.6. The molecule has 0 aliphatic heterocycles. The highest BCUT2D eigenvalue weighted by molar-refractivity contribution is 5.95. The average Bonchev–Trinajstić information content (AvgIpc) is 2.75. The van der Waals surface area contributed by atoms with Crippen LogP contribution in [-0.2, 0) is 0 Å². The van der Waals surface area contributed by atoms with Crippen molar-refractivity contribution in [1.82, 2.24) is 5.32 Å². The van der Waals surface area contributed by atoms with Crippen LogP contribution in [0, 0.1) is 0 Å². The monoisotopic (exact) mass is 416 g/mol. The number of rotatable bonds is 19. The summed E-state index contributed by atoms with van der Waals surface area (Å²) in [7, 11) is 0. The van der Waals surface area contributed by atoms with E-state index in [0.717, 1.165) is 12.8 Å². The predicted molar refractivity (Wildman–Crippen MR) is 123 cm³/mol. The van der Waals surface area contributed by atoms with E-state index >= 15 is 0 Å². The minimum Gasteiger partial charge on any atom is -0.545 e. The van der Waals surface area contributed by atoms with Crippen molar-refractivity contribution < 1.29 is 14.7 Å². The summed E-state index contributed by atoms with van der Waals surface area (Å²) in [4.78, 5) is 22.7. The Kier molecular flexibility index (Phi) is 15.7. The molecule has 0 radical (unpaired) electrons. The second-order valence-electron chi connectivity index (χ2n) is 8.42. The fourth-order valence-corrected chi connectivity index (χ4v) is 3.73. The van der Waals surface area contributed by atoms with Gasteiger partial charge in [-0.25, -0.2) is 0 Å². The molecular weight excluding hydrogens is 374 g/mol. The molecule has 4 heteroatoms. The van der Waals surface area contributed by atoms with Gasteiger partial charge in [-0.2, -0.15) is 0 Å².